The molecule has 0 aliphatic carbocycles. The zero-order valence-corrected chi connectivity index (χ0v) is 8.86. The van der Waals surface area contributed by atoms with Gasteiger partial charge in [-0.2, -0.15) is 0 Å². The lowest BCUT2D eigenvalue weighted by molar-refractivity contribution is 0.258. The predicted octanol–water partition coefficient (Wildman–Crippen LogP) is 3.27. The third-order valence-corrected chi connectivity index (χ3v) is 3.27. The summed E-state index contributed by atoms with van der Waals surface area (Å²) in [5.41, 5.74) is 1.23. The molecule has 1 aromatic rings. The SMILES string of the molecule is CC1CNC1c1ccc(Cl)c(Cl)c1. The van der Waals surface area contributed by atoms with Gasteiger partial charge < -0.3 is 5.32 Å². The second-order valence-electron chi connectivity index (χ2n) is 3.54. The van der Waals surface area contributed by atoms with Crippen LogP contribution in [0.2, 0.25) is 10.0 Å². The summed E-state index contributed by atoms with van der Waals surface area (Å²) in [6, 6.07) is 6.28. The molecule has 2 unspecified atom stereocenters. The fraction of sp³-hybridized carbons (Fsp3) is 0.400. The molecule has 13 heavy (non-hydrogen) atoms. The highest BCUT2D eigenvalue weighted by Crippen LogP contribution is 2.32. The standard InChI is InChI=1S/C10H11Cl2N/c1-6-5-13-10(6)7-2-3-8(11)9(12)4-7/h2-4,6,10,13H,5H2,1H3. The molecule has 1 aliphatic rings. The minimum atomic E-state index is 0.453. The van der Waals surface area contributed by atoms with E-state index in [1.807, 2.05) is 18.2 Å². The van der Waals surface area contributed by atoms with Gasteiger partial charge in [0.2, 0.25) is 0 Å². The highest BCUT2D eigenvalue weighted by molar-refractivity contribution is 6.42. The average molecular weight is 216 g/mol. The van der Waals surface area contributed by atoms with Crippen molar-refractivity contribution in [2.24, 2.45) is 5.92 Å². The first-order valence-electron chi connectivity index (χ1n) is 4.37. The number of benzene rings is 1. The van der Waals surface area contributed by atoms with E-state index in [1.165, 1.54) is 5.56 Å². The van der Waals surface area contributed by atoms with Crippen molar-refractivity contribution >= 4 is 23.2 Å². The minimum Gasteiger partial charge on any atom is -0.309 e. The van der Waals surface area contributed by atoms with Crippen molar-refractivity contribution in [1.82, 2.24) is 5.32 Å². The van der Waals surface area contributed by atoms with E-state index < -0.39 is 0 Å². The molecule has 0 spiro atoms. The summed E-state index contributed by atoms with van der Waals surface area (Å²) in [5, 5.41) is 4.62. The molecular weight excluding hydrogens is 205 g/mol. The van der Waals surface area contributed by atoms with E-state index in [0.717, 1.165) is 6.54 Å². The molecule has 3 heteroatoms. The molecule has 1 aliphatic heterocycles. The van der Waals surface area contributed by atoms with E-state index in [1.54, 1.807) is 0 Å². The van der Waals surface area contributed by atoms with Gasteiger partial charge in [0.05, 0.1) is 10.0 Å². The van der Waals surface area contributed by atoms with E-state index in [2.05, 4.69) is 12.2 Å². The van der Waals surface area contributed by atoms with Crippen LogP contribution in [0.5, 0.6) is 0 Å². The summed E-state index contributed by atoms with van der Waals surface area (Å²) >= 11 is 11.8. The van der Waals surface area contributed by atoms with Crippen molar-refractivity contribution in [2.75, 3.05) is 6.54 Å². The second-order valence-corrected chi connectivity index (χ2v) is 4.35. The normalized spacial score (nSPS) is 27.0. The molecule has 0 aromatic heterocycles. The summed E-state index contributed by atoms with van der Waals surface area (Å²) in [4.78, 5) is 0. The largest absolute Gasteiger partial charge is 0.309 e. The maximum atomic E-state index is 5.93. The second kappa shape index (κ2) is 3.49. The first kappa shape index (κ1) is 9.32. The molecule has 1 saturated heterocycles. The summed E-state index contributed by atoms with van der Waals surface area (Å²) < 4.78 is 0. The maximum absolute atomic E-state index is 5.93. The summed E-state index contributed by atoms with van der Waals surface area (Å²) in [7, 11) is 0. The monoisotopic (exact) mass is 215 g/mol. The molecule has 1 fully saturated rings. The molecule has 0 radical (unpaired) electrons. The number of rotatable bonds is 1. The Bertz CT molecular complexity index is 325. The van der Waals surface area contributed by atoms with Gasteiger partial charge in [0.15, 0.2) is 0 Å². The van der Waals surface area contributed by atoms with Crippen molar-refractivity contribution in [3.63, 3.8) is 0 Å². The third-order valence-electron chi connectivity index (χ3n) is 2.53. The van der Waals surface area contributed by atoms with Crippen molar-refractivity contribution in [2.45, 2.75) is 13.0 Å². The van der Waals surface area contributed by atoms with Crippen molar-refractivity contribution in [3.05, 3.63) is 33.8 Å². The Morgan fingerprint density at radius 2 is 2.08 bits per heavy atom. The van der Waals surface area contributed by atoms with Crippen LogP contribution >= 0.6 is 23.2 Å². The summed E-state index contributed by atoms with van der Waals surface area (Å²) in [5.74, 6) is 0.692. The van der Waals surface area contributed by atoms with Gasteiger partial charge in [-0.3, -0.25) is 0 Å². The number of hydrogen-bond acceptors (Lipinski definition) is 1. The average Bonchev–Trinajstić information content (AvgIpc) is 2.09. The third kappa shape index (κ3) is 1.69. The van der Waals surface area contributed by atoms with Crippen LogP contribution in [0.4, 0.5) is 0 Å². The highest BCUT2D eigenvalue weighted by atomic mass is 35.5. The molecular formula is C10H11Cl2N. The Kier molecular flexibility index (Phi) is 2.50. The summed E-state index contributed by atoms with van der Waals surface area (Å²) in [6.07, 6.45) is 0. The van der Waals surface area contributed by atoms with Gasteiger partial charge in [0.1, 0.15) is 0 Å². The topological polar surface area (TPSA) is 12.0 Å². The Morgan fingerprint density at radius 3 is 2.54 bits per heavy atom. The fourth-order valence-corrected chi connectivity index (χ4v) is 1.93. The van der Waals surface area contributed by atoms with Crippen LogP contribution < -0.4 is 5.32 Å². The van der Waals surface area contributed by atoms with E-state index in [4.69, 9.17) is 23.2 Å². The first-order valence-corrected chi connectivity index (χ1v) is 5.12. The molecule has 1 aromatic carbocycles. The van der Waals surface area contributed by atoms with Crippen molar-refractivity contribution in [3.8, 4) is 0 Å². The van der Waals surface area contributed by atoms with Gasteiger partial charge in [-0.25, -0.2) is 0 Å². The molecule has 1 N–H and O–H groups in total. The smallest absolute Gasteiger partial charge is 0.0595 e. The molecule has 0 bridgehead atoms. The van der Waals surface area contributed by atoms with E-state index in [0.29, 0.717) is 22.0 Å². The van der Waals surface area contributed by atoms with Crippen LogP contribution in [0.3, 0.4) is 0 Å². The van der Waals surface area contributed by atoms with Crippen LogP contribution in [0.25, 0.3) is 0 Å². The predicted molar refractivity (Wildman–Crippen MR) is 56.4 cm³/mol. The minimum absolute atomic E-state index is 0.453. The lowest BCUT2D eigenvalue weighted by Gasteiger charge is -2.36. The van der Waals surface area contributed by atoms with Crippen molar-refractivity contribution < 1.29 is 0 Å². The van der Waals surface area contributed by atoms with Crippen LogP contribution in [0.15, 0.2) is 18.2 Å². The number of halogens is 2. The molecule has 0 saturated carbocycles. The fourth-order valence-electron chi connectivity index (χ4n) is 1.62. The van der Waals surface area contributed by atoms with Gasteiger partial charge >= 0.3 is 0 Å². The maximum Gasteiger partial charge on any atom is 0.0595 e. The Balaban J connectivity index is 2.26. The lowest BCUT2D eigenvalue weighted by Crippen LogP contribution is -2.43. The van der Waals surface area contributed by atoms with E-state index in [-0.39, 0.29) is 0 Å². The molecule has 0 amide bonds. The van der Waals surface area contributed by atoms with E-state index in [9.17, 15) is 0 Å². The van der Waals surface area contributed by atoms with Crippen LogP contribution in [0, 0.1) is 5.92 Å². The van der Waals surface area contributed by atoms with Crippen LogP contribution in [-0.2, 0) is 0 Å². The van der Waals surface area contributed by atoms with Gasteiger partial charge in [-0.15, -0.1) is 0 Å². The number of nitrogens with one attached hydrogen (secondary N) is 1. The highest BCUT2D eigenvalue weighted by Gasteiger charge is 2.27. The Morgan fingerprint density at radius 1 is 1.31 bits per heavy atom. The molecule has 1 heterocycles. The Hall–Kier alpha value is -0.240. The van der Waals surface area contributed by atoms with Gasteiger partial charge in [0.25, 0.3) is 0 Å². The van der Waals surface area contributed by atoms with Gasteiger partial charge in [-0.05, 0) is 23.6 Å². The number of hydrogen-bond donors (Lipinski definition) is 1. The van der Waals surface area contributed by atoms with Crippen molar-refractivity contribution in [1.29, 1.82) is 0 Å². The van der Waals surface area contributed by atoms with Crippen LogP contribution in [-0.4, -0.2) is 6.54 Å². The van der Waals surface area contributed by atoms with Crippen LogP contribution in [0.1, 0.15) is 18.5 Å². The molecule has 2 atom stereocenters. The molecule has 1 nitrogen and oxygen atoms in total. The quantitative estimate of drug-likeness (QED) is 0.759. The first-order chi connectivity index (χ1) is 6.18. The van der Waals surface area contributed by atoms with E-state index >= 15 is 0 Å². The molecule has 2 rings (SSSR count). The summed E-state index contributed by atoms with van der Waals surface area (Å²) in [6.45, 7) is 3.31. The lowest BCUT2D eigenvalue weighted by atomic mass is 9.88. The van der Waals surface area contributed by atoms with Gasteiger partial charge in [-0.1, -0.05) is 36.2 Å². The van der Waals surface area contributed by atoms with Gasteiger partial charge in [0, 0.05) is 12.6 Å². The molecule has 70 valence electrons. The Labute approximate surface area is 88.0 Å². The zero-order chi connectivity index (χ0) is 9.42. The zero-order valence-electron chi connectivity index (χ0n) is 7.35.